The molecule has 1 saturated heterocycles. The highest BCUT2D eigenvalue weighted by Crippen LogP contribution is 2.48. The summed E-state index contributed by atoms with van der Waals surface area (Å²) in [4.78, 5) is 3.24. The van der Waals surface area contributed by atoms with Gasteiger partial charge in [0.05, 0.1) is 13.0 Å². The average Bonchev–Trinajstić information content (AvgIpc) is 3.20. The third-order valence-corrected chi connectivity index (χ3v) is 7.68. The predicted molar refractivity (Wildman–Crippen MR) is 140 cm³/mol. The Kier molecular flexibility index (Phi) is 7.59. The van der Waals surface area contributed by atoms with E-state index in [0.29, 0.717) is 41.0 Å². The van der Waals surface area contributed by atoms with Crippen molar-refractivity contribution >= 4 is 11.4 Å². The van der Waals surface area contributed by atoms with E-state index >= 15 is 0 Å². The van der Waals surface area contributed by atoms with Gasteiger partial charge in [0.1, 0.15) is 5.75 Å². The van der Waals surface area contributed by atoms with Crippen molar-refractivity contribution in [2.45, 2.75) is 49.6 Å². The number of hydrogen-bond donors (Lipinski definition) is 0. The minimum Gasteiger partial charge on any atom is -0.406 e. The van der Waals surface area contributed by atoms with Gasteiger partial charge in [0.25, 0.3) is 5.92 Å². The Balaban J connectivity index is 1.59. The summed E-state index contributed by atoms with van der Waals surface area (Å²) >= 11 is 0. The van der Waals surface area contributed by atoms with Crippen LogP contribution in [0.5, 0.6) is 5.75 Å². The number of halogens is 8. The van der Waals surface area contributed by atoms with Gasteiger partial charge in [0, 0.05) is 42.8 Å². The minimum atomic E-state index is -4.89. The standard InChI is InChI=1S/C30H28F8N2O/c31-28(32)12-5-14-39(20-28)23-8-4-7-22(17-23)27(18-21-6-3-9-24(16-21)41-30(36,37)38)19-40(15-13-29(33,34)35)26-11-2-1-10-25(26)27/h1-4,6-11,16-17H,5,12-15,18-20H2. The lowest BCUT2D eigenvalue weighted by Crippen LogP contribution is -2.43. The normalized spacial score (nSPS) is 20.7. The molecule has 1 fully saturated rings. The zero-order valence-electron chi connectivity index (χ0n) is 21.9. The third kappa shape index (κ3) is 6.70. The van der Waals surface area contributed by atoms with E-state index in [1.807, 2.05) is 0 Å². The van der Waals surface area contributed by atoms with E-state index in [4.69, 9.17) is 0 Å². The number of rotatable bonds is 7. The van der Waals surface area contributed by atoms with Crippen molar-refractivity contribution in [1.29, 1.82) is 0 Å². The quantitative estimate of drug-likeness (QED) is 0.261. The molecule has 3 aromatic carbocycles. The fourth-order valence-corrected chi connectivity index (χ4v) is 6.00. The number of fused-ring (bicyclic) bond motifs is 1. The van der Waals surface area contributed by atoms with E-state index in [2.05, 4.69) is 4.74 Å². The van der Waals surface area contributed by atoms with E-state index in [1.54, 1.807) is 64.4 Å². The number of nitrogens with zero attached hydrogens (tertiary/aromatic N) is 2. The molecule has 1 atom stereocenters. The van der Waals surface area contributed by atoms with E-state index in [1.165, 1.54) is 18.2 Å². The van der Waals surface area contributed by atoms with E-state index in [9.17, 15) is 35.1 Å². The lowest BCUT2D eigenvalue weighted by atomic mass is 9.71. The van der Waals surface area contributed by atoms with Crippen molar-refractivity contribution in [2.24, 2.45) is 0 Å². The molecule has 220 valence electrons. The van der Waals surface area contributed by atoms with E-state index < -0.39 is 42.6 Å². The molecular formula is C30H28F8N2O. The maximum absolute atomic E-state index is 14.3. The zero-order chi connectivity index (χ0) is 29.5. The zero-order valence-corrected chi connectivity index (χ0v) is 21.9. The van der Waals surface area contributed by atoms with Crippen molar-refractivity contribution in [3.05, 3.63) is 89.5 Å². The van der Waals surface area contributed by atoms with Crippen LogP contribution in [-0.2, 0) is 11.8 Å². The van der Waals surface area contributed by atoms with Gasteiger partial charge in [-0.1, -0.05) is 42.5 Å². The molecule has 0 spiro atoms. The largest absolute Gasteiger partial charge is 0.573 e. The summed E-state index contributed by atoms with van der Waals surface area (Å²) in [5.74, 6) is -3.26. The Bertz CT molecular complexity index is 1370. The van der Waals surface area contributed by atoms with Gasteiger partial charge in [-0.25, -0.2) is 8.78 Å². The lowest BCUT2D eigenvalue weighted by Gasteiger charge is -2.36. The number of para-hydroxylation sites is 1. The first-order valence-corrected chi connectivity index (χ1v) is 13.2. The molecule has 0 radical (unpaired) electrons. The topological polar surface area (TPSA) is 15.7 Å². The van der Waals surface area contributed by atoms with Crippen LogP contribution < -0.4 is 14.5 Å². The molecule has 11 heteroatoms. The Morgan fingerprint density at radius 2 is 1.59 bits per heavy atom. The van der Waals surface area contributed by atoms with Gasteiger partial charge < -0.3 is 14.5 Å². The van der Waals surface area contributed by atoms with Gasteiger partial charge in [-0.2, -0.15) is 13.2 Å². The smallest absolute Gasteiger partial charge is 0.406 e. The van der Waals surface area contributed by atoms with Gasteiger partial charge >= 0.3 is 12.5 Å². The van der Waals surface area contributed by atoms with Crippen LogP contribution in [0.25, 0.3) is 0 Å². The van der Waals surface area contributed by atoms with Gasteiger partial charge in [0.2, 0.25) is 0 Å². The molecule has 41 heavy (non-hydrogen) atoms. The summed E-state index contributed by atoms with van der Waals surface area (Å²) in [7, 11) is 0. The number of hydrogen-bond acceptors (Lipinski definition) is 3. The molecule has 3 aromatic rings. The first-order valence-electron chi connectivity index (χ1n) is 13.2. The van der Waals surface area contributed by atoms with Crippen LogP contribution in [0.1, 0.15) is 36.0 Å². The first-order chi connectivity index (χ1) is 19.2. The molecule has 3 nitrogen and oxygen atoms in total. The Morgan fingerprint density at radius 1 is 0.829 bits per heavy atom. The molecule has 0 N–H and O–H groups in total. The maximum atomic E-state index is 14.3. The van der Waals surface area contributed by atoms with Crippen molar-refractivity contribution in [2.75, 3.05) is 36.0 Å². The van der Waals surface area contributed by atoms with Crippen LogP contribution in [-0.4, -0.2) is 44.6 Å². The lowest BCUT2D eigenvalue weighted by molar-refractivity contribution is -0.274. The molecule has 0 aliphatic carbocycles. The Hall–Kier alpha value is -3.50. The highest BCUT2D eigenvalue weighted by Gasteiger charge is 2.45. The summed E-state index contributed by atoms with van der Waals surface area (Å²) in [5, 5.41) is 0. The van der Waals surface area contributed by atoms with Crippen LogP contribution in [0.15, 0.2) is 72.8 Å². The molecule has 2 aliphatic heterocycles. The second-order valence-corrected chi connectivity index (χ2v) is 10.7. The Morgan fingerprint density at radius 3 is 2.32 bits per heavy atom. The molecule has 0 saturated carbocycles. The monoisotopic (exact) mass is 584 g/mol. The maximum Gasteiger partial charge on any atom is 0.573 e. The summed E-state index contributed by atoms with van der Waals surface area (Å²) in [6, 6.07) is 19.6. The number of anilines is 2. The summed E-state index contributed by atoms with van der Waals surface area (Å²) in [6.07, 6.45) is -10.1. The molecule has 2 heterocycles. The molecule has 0 amide bonds. The SMILES string of the molecule is FC(F)(F)CCN1CC(Cc2cccc(OC(F)(F)F)c2)(c2cccc(N3CCCC(F)(F)C3)c2)c2ccccc21. The van der Waals surface area contributed by atoms with Crippen LogP contribution in [0.4, 0.5) is 46.5 Å². The van der Waals surface area contributed by atoms with E-state index in [-0.39, 0.29) is 25.9 Å². The second kappa shape index (κ2) is 10.7. The van der Waals surface area contributed by atoms with Crippen LogP contribution in [0.3, 0.4) is 0 Å². The van der Waals surface area contributed by atoms with Crippen molar-refractivity contribution in [1.82, 2.24) is 0 Å². The van der Waals surface area contributed by atoms with Crippen LogP contribution in [0.2, 0.25) is 0 Å². The third-order valence-electron chi connectivity index (χ3n) is 7.68. The highest BCUT2D eigenvalue weighted by molar-refractivity contribution is 5.68. The predicted octanol–water partition coefficient (Wildman–Crippen LogP) is 8.12. The summed E-state index contributed by atoms with van der Waals surface area (Å²) < 4.78 is 111. The van der Waals surface area contributed by atoms with Gasteiger partial charge in [-0.15, -0.1) is 13.2 Å². The minimum absolute atomic E-state index is 0.117. The molecular weight excluding hydrogens is 556 g/mol. The van der Waals surface area contributed by atoms with Crippen molar-refractivity contribution in [3.63, 3.8) is 0 Å². The first kappa shape index (κ1) is 29.0. The van der Waals surface area contributed by atoms with Gasteiger partial charge in [-0.05, 0) is 59.9 Å². The van der Waals surface area contributed by atoms with Crippen LogP contribution >= 0.6 is 0 Å². The molecule has 1 unspecified atom stereocenters. The highest BCUT2D eigenvalue weighted by atomic mass is 19.4. The van der Waals surface area contributed by atoms with Crippen molar-refractivity contribution < 1.29 is 39.9 Å². The number of benzene rings is 3. The molecule has 0 bridgehead atoms. The van der Waals surface area contributed by atoms with E-state index in [0.717, 1.165) is 0 Å². The fraction of sp³-hybridized carbons (Fsp3) is 0.400. The fourth-order valence-electron chi connectivity index (χ4n) is 6.00. The number of alkyl halides is 8. The van der Waals surface area contributed by atoms with Crippen molar-refractivity contribution in [3.8, 4) is 5.75 Å². The van der Waals surface area contributed by atoms with Gasteiger partial charge in [0.15, 0.2) is 0 Å². The number of piperidine rings is 1. The molecule has 0 aromatic heterocycles. The summed E-state index contributed by atoms with van der Waals surface area (Å²) in [6.45, 7) is -0.213. The molecule has 5 rings (SSSR count). The average molecular weight is 585 g/mol. The van der Waals surface area contributed by atoms with Gasteiger partial charge in [-0.3, -0.25) is 0 Å². The second-order valence-electron chi connectivity index (χ2n) is 10.7. The molecule has 2 aliphatic rings. The summed E-state index contributed by atoms with van der Waals surface area (Å²) in [5.41, 5.74) is 2.04. The Labute approximate surface area is 232 Å². The number of ether oxygens (including phenoxy) is 1. The van der Waals surface area contributed by atoms with Crippen LogP contribution in [0, 0.1) is 0 Å².